The highest BCUT2D eigenvalue weighted by atomic mass is 32.1. The molecule has 0 aliphatic rings. The van der Waals surface area contributed by atoms with Gasteiger partial charge in [0.1, 0.15) is 5.01 Å². The van der Waals surface area contributed by atoms with Crippen LogP contribution in [0.4, 0.5) is 9.93 Å². The Hall–Kier alpha value is -2.48. The van der Waals surface area contributed by atoms with Crippen LogP contribution in [0.1, 0.15) is 20.9 Å². The smallest absolute Gasteiger partial charge is 0.335 e. The number of hydrogen-bond donors (Lipinski definition) is 3. The number of carbonyl (C=O) groups is 2. The van der Waals surface area contributed by atoms with Crippen molar-refractivity contribution in [3.63, 3.8) is 0 Å². The minimum atomic E-state index is -0.999. The molecule has 1 aromatic heterocycles. The van der Waals surface area contributed by atoms with Crippen LogP contribution in [0.15, 0.2) is 24.3 Å². The van der Waals surface area contributed by atoms with Crippen molar-refractivity contribution in [3.05, 3.63) is 40.4 Å². The molecule has 0 aliphatic carbocycles. The number of carboxylic acids is 1. The number of aromatic nitrogens is 2. The number of nitrogens with one attached hydrogen (secondary N) is 2. The minimum Gasteiger partial charge on any atom is -0.478 e. The standard InChI is InChI=1S/C12H12N4O3S/c1-7-15-16-12(20-7)14-11(19)13-6-8-3-2-4-9(5-8)10(17)18/h2-5H,6H2,1H3,(H,17,18)(H2,13,14,16,19). The number of hydrogen-bond acceptors (Lipinski definition) is 5. The second kappa shape index (κ2) is 6.11. The van der Waals surface area contributed by atoms with Crippen molar-refractivity contribution >= 4 is 28.5 Å². The third-order valence-electron chi connectivity index (χ3n) is 2.37. The summed E-state index contributed by atoms with van der Waals surface area (Å²) in [6.07, 6.45) is 0. The molecule has 2 aromatic rings. The van der Waals surface area contributed by atoms with Gasteiger partial charge in [-0.15, -0.1) is 10.2 Å². The minimum absolute atomic E-state index is 0.185. The molecule has 0 fully saturated rings. The molecule has 0 saturated heterocycles. The van der Waals surface area contributed by atoms with Gasteiger partial charge in [0.25, 0.3) is 0 Å². The molecule has 1 aromatic carbocycles. The number of nitrogens with zero attached hydrogens (tertiary/aromatic N) is 2. The number of anilines is 1. The van der Waals surface area contributed by atoms with E-state index in [2.05, 4.69) is 20.8 Å². The number of aromatic carboxylic acids is 1. The Balaban J connectivity index is 1.90. The van der Waals surface area contributed by atoms with Crippen LogP contribution in [0, 0.1) is 6.92 Å². The summed E-state index contributed by atoms with van der Waals surface area (Å²) in [5.41, 5.74) is 0.887. The lowest BCUT2D eigenvalue weighted by atomic mass is 10.1. The molecule has 0 bridgehead atoms. The van der Waals surface area contributed by atoms with Crippen LogP contribution >= 0.6 is 11.3 Å². The first kappa shape index (κ1) is 13.9. The molecular weight excluding hydrogens is 280 g/mol. The van der Waals surface area contributed by atoms with Gasteiger partial charge < -0.3 is 10.4 Å². The van der Waals surface area contributed by atoms with Gasteiger partial charge in [0.2, 0.25) is 5.13 Å². The molecule has 0 saturated carbocycles. The largest absolute Gasteiger partial charge is 0.478 e. The van der Waals surface area contributed by atoms with Crippen LogP contribution in [0.25, 0.3) is 0 Å². The van der Waals surface area contributed by atoms with Crippen molar-refractivity contribution in [3.8, 4) is 0 Å². The Morgan fingerprint density at radius 3 is 2.80 bits per heavy atom. The van der Waals surface area contributed by atoms with Gasteiger partial charge in [-0.25, -0.2) is 9.59 Å². The number of carbonyl (C=O) groups excluding carboxylic acids is 1. The van der Waals surface area contributed by atoms with Gasteiger partial charge in [0, 0.05) is 6.54 Å². The Morgan fingerprint density at radius 1 is 1.35 bits per heavy atom. The number of benzene rings is 1. The predicted octanol–water partition coefficient (Wildman–Crippen LogP) is 1.87. The van der Waals surface area contributed by atoms with Crippen LogP contribution in [-0.4, -0.2) is 27.3 Å². The maximum Gasteiger partial charge on any atom is 0.335 e. The van der Waals surface area contributed by atoms with Gasteiger partial charge >= 0.3 is 12.0 Å². The Kier molecular flexibility index (Phi) is 4.26. The molecule has 0 aliphatic heterocycles. The van der Waals surface area contributed by atoms with Crippen molar-refractivity contribution in [2.24, 2.45) is 0 Å². The fraction of sp³-hybridized carbons (Fsp3) is 0.167. The van der Waals surface area contributed by atoms with E-state index in [9.17, 15) is 9.59 Å². The number of rotatable bonds is 4. The van der Waals surface area contributed by atoms with Crippen molar-refractivity contribution in [1.82, 2.24) is 15.5 Å². The van der Waals surface area contributed by atoms with Gasteiger partial charge in [-0.05, 0) is 24.6 Å². The average Bonchev–Trinajstić information content (AvgIpc) is 2.82. The molecule has 3 N–H and O–H groups in total. The van der Waals surface area contributed by atoms with Gasteiger partial charge in [0.15, 0.2) is 0 Å². The average molecular weight is 292 g/mol. The summed E-state index contributed by atoms with van der Waals surface area (Å²) >= 11 is 1.27. The van der Waals surface area contributed by atoms with E-state index in [0.717, 1.165) is 5.01 Å². The molecule has 0 spiro atoms. The fourth-order valence-corrected chi connectivity index (χ4v) is 2.07. The number of urea groups is 1. The highest BCUT2D eigenvalue weighted by Crippen LogP contribution is 2.13. The second-order valence-corrected chi connectivity index (χ2v) is 5.12. The molecule has 8 heteroatoms. The quantitative estimate of drug-likeness (QED) is 0.798. The van der Waals surface area contributed by atoms with Crippen LogP contribution in [0.2, 0.25) is 0 Å². The van der Waals surface area contributed by atoms with E-state index in [-0.39, 0.29) is 12.1 Å². The van der Waals surface area contributed by atoms with Crippen LogP contribution in [-0.2, 0) is 6.54 Å². The summed E-state index contributed by atoms with van der Waals surface area (Å²) in [6, 6.07) is 5.96. The first-order valence-electron chi connectivity index (χ1n) is 5.72. The highest BCUT2D eigenvalue weighted by Gasteiger charge is 2.07. The van der Waals surface area contributed by atoms with Crippen molar-refractivity contribution in [2.75, 3.05) is 5.32 Å². The Labute approximate surface area is 118 Å². The van der Waals surface area contributed by atoms with Gasteiger partial charge in [-0.1, -0.05) is 23.5 Å². The molecule has 1 heterocycles. The van der Waals surface area contributed by atoms with Crippen LogP contribution in [0.5, 0.6) is 0 Å². The topological polar surface area (TPSA) is 104 Å². The summed E-state index contributed by atoms with van der Waals surface area (Å²) in [5.74, 6) is -0.999. The summed E-state index contributed by atoms with van der Waals surface area (Å²) in [7, 11) is 0. The summed E-state index contributed by atoms with van der Waals surface area (Å²) in [4.78, 5) is 22.4. The molecule has 0 atom stereocenters. The van der Waals surface area contributed by atoms with Gasteiger partial charge in [-0.2, -0.15) is 0 Å². The molecule has 104 valence electrons. The monoisotopic (exact) mass is 292 g/mol. The van der Waals surface area contributed by atoms with Crippen LogP contribution < -0.4 is 10.6 Å². The lowest BCUT2D eigenvalue weighted by Gasteiger charge is -2.05. The molecular formula is C12H12N4O3S. The first-order chi connectivity index (χ1) is 9.54. The van der Waals surface area contributed by atoms with Gasteiger partial charge in [0.05, 0.1) is 5.56 Å². The molecule has 2 rings (SSSR count). The lowest BCUT2D eigenvalue weighted by molar-refractivity contribution is 0.0696. The van der Waals surface area contributed by atoms with E-state index in [0.29, 0.717) is 10.7 Å². The predicted molar refractivity (Wildman–Crippen MR) is 73.9 cm³/mol. The normalized spacial score (nSPS) is 10.1. The van der Waals surface area contributed by atoms with E-state index in [1.165, 1.54) is 23.5 Å². The van der Waals surface area contributed by atoms with E-state index in [1.807, 2.05) is 0 Å². The molecule has 0 unspecified atom stereocenters. The zero-order chi connectivity index (χ0) is 14.5. The maximum absolute atomic E-state index is 11.6. The summed E-state index contributed by atoms with van der Waals surface area (Å²) in [5, 5.41) is 22.8. The fourth-order valence-electron chi connectivity index (χ4n) is 1.49. The Bertz CT molecular complexity index is 641. The third kappa shape index (κ3) is 3.75. The second-order valence-electron chi connectivity index (χ2n) is 3.94. The molecule has 20 heavy (non-hydrogen) atoms. The van der Waals surface area contributed by atoms with Crippen LogP contribution in [0.3, 0.4) is 0 Å². The van der Waals surface area contributed by atoms with Crippen molar-refractivity contribution in [1.29, 1.82) is 0 Å². The molecule has 0 radical (unpaired) electrons. The summed E-state index contributed by atoms with van der Waals surface area (Å²) in [6.45, 7) is 2.02. The SMILES string of the molecule is Cc1nnc(NC(=O)NCc2cccc(C(=O)O)c2)s1. The number of aryl methyl sites for hydroxylation is 1. The van der Waals surface area contributed by atoms with E-state index >= 15 is 0 Å². The zero-order valence-corrected chi connectivity index (χ0v) is 11.4. The third-order valence-corrected chi connectivity index (χ3v) is 3.13. The lowest BCUT2D eigenvalue weighted by Crippen LogP contribution is -2.28. The zero-order valence-electron chi connectivity index (χ0n) is 10.6. The van der Waals surface area contributed by atoms with E-state index in [1.54, 1.807) is 19.1 Å². The first-order valence-corrected chi connectivity index (χ1v) is 6.53. The van der Waals surface area contributed by atoms with Crippen molar-refractivity contribution in [2.45, 2.75) is 13.5 Å². The molecule has 2 amide bonds. The Morgan fingerprint density at radius 2 is 2.15 bits per heavy atom. The van der Waals surface area contributed by atoms with Gasteiger partial charge in [-0.3, -0.25) is 5.32 Å². The van der Waals surface area contributed by atoms with E-state index in [4.69, 9.17) is 5.11 Å². The highest BCUT2D eigenvalue weighted by molar-refractivity contribution is 7.15. The number of carboxylic acid groups (broad SMARTS) is 1. The van der Waals surface area contributed by atoms with Crippen molar-refractivity contribution < 1.29 is 14.7 Å². The molecule has 7 nitrogen and oxygen atoms in total. The summed E-state index contributed by atoms with van der Waals surface area (Å²) < 4.78 is 0. The number of amides is 2. The maximum atomic E-state index is 11.6. The van der Waals surface area contributed by atoms with E-state index < -0.39 is 12.0 Å².